The average Bonchev–Trinajstić information content (AvgIpc) is 2.53. The fourth-order valence-electron chi connectivity index (χ4n) is 3.16. The molecule has 0 bridgehead atoms. The summed E-state index contributed by atoms with van der Waals surface area (Å²) in [6.45, 7) is 8.95. The molecular weight excluding hydrogens is 295 g/mol. The standard InChI is InChI=1S/C22H23P/c1-16-10-5-7-14-20(16)23(21-15-8-6-11-17(21)2)22-18(3)12-9-13-19(22)4/h5-15H,1-4H3. The Balaban J connectivity index is 2.32. The van der Waals surface area contributed by atoms with Crippen molar-refractivity contribution in [2.75, 3.05) is 0 Å². The van der Waals surface area contributed by atoms with Crippen LogP contribution in [0.3, 0.4) is 0 Å². The number of hydrogen-bond donors (Lipinski definition) is 0. The van der Waals surface area contributed by atoms with Crippen LogP contribution < -0.4 is 15.9 Å². The van der Waals surface area contributed by atoms with Gasteiger partial charge in [0.2, 0.25) is 0 Å². The Kier molecular flexibility index (Phi) is 4.64. The van der Waals surface area contributed by atoms with Crippen LogP contribution in [-0.4, -0.2) is 0 Å². The van der Waals surface area contributed by atoms with E-state index < -0.39 is 7.92 Å². The molecule has 0 fully saturated rings. The summed E-state index contributed by atoms with van der Waals surface area (Å²) in [6.07, 6.45) is 0. The summed E-state index contributed by atoms with van der Waals surface area (Å²) in [6, 6.07) is 24.3. The van der Waals surface area contributed by atoms with E-state index in [9.17, 15) is 0 Å². The fraction of sp³-hybridized carbons (Fsp3) is 0.182. The van der Waals surface area contributed by atoms with Gasteiger partial charge in [0.25, 0.3) is 0 Å². The van der Waals surface area contributed by atoms with Crippen molar-refractivity contribution >= 4 is 23.8 Å². The summed E-state index contributed by atoms with van der Waals surface area (Å²) in [7, 11) is -0.529. The molecular formula is C22H23P. The first-order valence-corrected chi connectivity index (χ1v) is 9.41. The van der Waals surface area contributed by atoms with Crippen molar-refractivity contribution in [2.45, 2.75) is 27.7 Å². The molecule has 3 rings (SSSR count). The first-order chi connectivity index (χ1) is 11.1. The van der Waals surface area contributed by atoms with Crippen molar-refractivity contribution < 1.29 is 0 Å². The maximum absolute atomic E-state index is 2.30. The van der Waals surface area contributed by atoms with Gasteiger partial charge >= 0.3 is 0 Å². The second-order valence-corrected chi connectivity index (χ2v) is 8.23. The Morgan fingerprint density at radius 3 is 1.30 bits per heavy atom. The van der Waals surface area contributed by atoms with Crippen LogP contribution in [0.2, 0.25) is 0 Å². The van der Waals surface area contributed by atoms with Crippen molar-refractivity contribution in [1.82, 2.24) is 0 Å². The van der Waals surface area contributed by atoms with E-state index in [-0.39, 0.29) is 0 Å². The van der Waals surface area contributed by atoms with Gasteiger partial charge < -0.3 is 0 Å². The normalized spacial score (nSPS) is 11.0. The number of hydrogen-bond acceptors (Lipinski definition) is 0. The predicted octanol–water partition coefficient (Wildman–Crippen LogP) is 4.68. The first-order valence-electron chi connectivity index (χ1n) is 8.07. The molecule has 0 heterocycles. The van der Waals surface area contributed by atoms with E-state index in [1.54, 1.807) is 0 Å². The third kappa shape index (κ3) is 3.09. The lowest BCUT2D eigenvalue weighted by Gasteiger charge is -2.26. The topological polar surface area (TPSA) is 0 Å². The molecule has 0 atom stereocenters. The molecule has 0 unspecified atom stereocenters. The molecule has 0 radical (unpaired) electrons. The van der Waals surface area contributed by atoms with Gasteiger partial charge in [0.1, 0.15) is 0 Å². The summed E-state index contributed by atoms with van der Waals surface area (Å²) in [5.74, 6) is 0. The SMILES string of the molecule is Cc1ccccc1P(c1ccccc1C)c1c(C)cccc1C. The van der Waals surface area contributed by atoms with Crippen LogP contribution in [0.4, 0.5) is 0 Å². The molecule has 3 aromatic rings. The lowest BCUT2D eigenvalue weighted by Crippen LogP contribution is -2.27. The smallest absolute Gasteiger partial charge is 0.00925 e. The highest BCUT2D eigenvalue weighted by Crippen LogP contribution is 2.37. The summed E-state index contributed by atoms with van der Waals surface area (Å²) in [5, 5.41) is 4.44. The van der Waals surface area contributed by atoms with Crippen molar-refractivity contribution in [3.63, 3.8) is 0 Å². The average molecular weight is 318 g/mol. The fourth-order valence-corrected chi connectivity index (χ4v) is 6.08. The molecule has 1 heteroatoms. The minimum Gasteiger partial charge on any atom is -0.0620 e. The van der Waals surface area contributed by atoms with Crippen LogP contribution in [-0.2, 0) is 0 Å². The second-order valence-electron chi connectivity index (χ2n) is 6.15. The summed E-state index contributed by atoms with van der Waals surface area (Å²) in [5.41, 5.74) is 5.54. The molecule has 0 aliphatic carbocycles. The van der Waals surface area contributed by atoms with E-state index in [1.807, 2.05) is 0 Å². The van der Waals surface area contributed by atoms with Crippen LogP contribution >= 0.6 is 7.92 Å². The van der Waals surface area contributed by atoms with E-state index >= 15 is 0 Å². The minimum absolute atomic E-state index is 0.529. The highest BCUT2D eigenvalue weighted by Gasteiger charge is 2.22. The maximum atomic E-state index is 2.30. The highest BCUT2D eigenvalue weighted by molar-refractivity contribution is 7.80. The van der Waals surface area contributed by atoms with Crippen LogP contribution in [0.5, 0.6) is 0 Å². The van der Waals surface area contributed by atoms with Crippen molar-refractivity contribution in [3.05, 3.63) is 89.0 Å². The van der Waals surface area contributed by atoms with Gasteiger partial charge in [-0.2, -0.15) is 0 Å². The van der Waals surface area contributed by atoms with E-state index in [2.05, 4.69) is 94.4 Å². The van der Waals surface area contributed by atoms with Gasteiger partial charge in [0.15, 0.2) is 0 Å². The molecule has 0 amide bonds. The molecule has 23 heavy (non-hydrogen) atoms. The van der Waals surface area contributed by atoms with Crippen LogP contribution in [0.15, 0.2) is 66.7 Å². The molecule has 0 aromatic heterocycles. The number of benzene rings is 3. The first kappa shape index (κ1) is 16.0. The van der Waals surface area contributed by atoms with Gasteiger partial charge in [0.05, 0.1) is 0 Å². The summed E-state index contributed by atoms with van der Waals surface area (Å²) >= 11 is 0. The molecule has 0 N–H and O–H groups in total. The zero-order valence-corrected chi connectivity index (χ0v) is 15.2. The molecule has 0 spiro atoms. The van der Waals surface area contributed by atoms with Crippen LogP contribution in [0.25, 0.3) is 0 Å². The van der Waals surface area contributed by atoms with Gasteiger partial charge in [-0.15, -0.1) is 0 Å². The Morgan fingerprint density at radius 1 is 0.478 bits per heavy atom. The zero-order chi connectivity index (χ0) is 16.4. The predicted molar refractivity (Wildman–Crippen MR) is 104 cm³/mol. The summed E-state index contributed by atoms with van der Waals surface area (Å²) < 4.78 is 0. The molecule has 0 saturated carbocycles. The molecule has 116 valence electrons. The van der Waals surface area contributed by atoms with Gasteiger partial charge in [-0.25, -0.2) is 0 Å². The van der Waals surface area contributed by atoms with E-state index in [0.717, 1.165) is 0 Å². The van der Waals surface area contributed by atoms with Gasteiger partial charge in [-0.05, 0) is 73.8 Å². The van der Waals surface area contributed by atoms with Crippen LogP contribution in [0, 0.1) is 27.7 Å². The van der Waals surface area contributed by atoms with Crippen molar-refractivity contribution in [1.29, 1.82) is 0 Å². The zero-order valence-electron chi connectivity index (χ0n) is 14.3. The highest BCUT2D eigenvalue weighted by atomic mass is 31.1. The molecule has 0 aliphatic rings. The third-order valence-corrected chi connectivity index (χ3v) is 7.50. The Bertz CT molecular complexity index is 767. The molecule has 0 aliphatic heterocycles. The van der Waals surface area contributed by atoms with Gasteiger partial charge in [-0.3, -0.25) is 0 Å². The monoisotopic (exact) mass is 318 g/mol. The van der Waals surface area contributed by atoms with E-state index in [1.165, 1.54) is 38.2 Å². The minimum atomic E-state index is -0.529. The van der Waals surface area contributed by atoms with Gasteiger partial charge in [0, 0.05) is 0 Å². The van der Waals surface area contributed by atoms with Crippen molar-refractivity contribution in [2.24, 2.45) is 0 Å². The maximum Gasteiger partial charge on any atom is -0.00925 e. The van der Waals surface area contributed by atoms with E-state index in [0.29, 0.717) is 0 Å². The molecule has 0 saturated heterocycles. The second kappa shape index (κ2) is 6.69. The van der Waals surface area contributed by atoms with Gasteiger partial charge in [-0.1, -0.05) is 66.7 Å². The Hall–Kier alpha value is -1.91. The molecule has 0 nitrogen and oxygen atoms in total. The van der Waals surface area contributed by atoms with E-state index in [4.69, 9.17) is 0 Å². The Morgan fingerprint density at radius 2 is 0.870 bits per heavy atom. The lowest BCUT2D eigenvalue weighted by atomic mass is 10.2. The quantitative estimate of drug-likeness (QED) is 0.615. The third-order valence-electron chi connectivity index (χ3n) is 4.38. The number of rotatable bonds is 3. The Labute approximate surface area is 141 Å². The summed E-state index contributed by atoms with van der Waals surface area (Å²) in [4.78, 5) is 0. The number of aryl methyl sites for hydroxylation is 4. The molecule has 3 aromatic carbocycles. The van der Waals surface area contributed by atoms with Crippen LogP contribution in [0.1, 0.15) is 22.3 Å². The lowest BCUT2D eigenvalue weighted by molar-refractivity contribution is 1.43. The van der Waals surface area contributed by atoms with Crippen molar-refractivity contribution in [3.8, 4) is 0 Å². The largest absolute Gasteiger partial charge is 0.0620 e.